The third kappa shape index (κ3) is 6.78. The molecule has 0 saturated carbocycles. The number of rotatable bonds is 7. The summed E-state index contributed by atoms with van der Waals surface area (Å²) in [6.45, 7) is 8.33. The lowest BCUT2D eigenvalue weighted by Gasteiger charge is -2.34. The Bertz CT molecular complexity index is 1130. The highest BCUT2D eigenvalue weighted by molar-refractivity contribution is 7.89. The number of amides is 2. The summed E-state index contributed by atoms with van der Waals surface area (Å²) >= 11 is 0. The number of hydrogen-bond acceptors (Lipinski definition) is 6. The van der Waals surface area contributed by atoms with Crippen molar-refractivity contribution in [3.8, 4) is 0 Å². The molecule has 9 nitrogen and oxygen atoms in total. The number of anilines is 2. The summed E-state index contributed by atoms with van der Waals surface area (Å²) in [6.07, 6.45) is -1.01. The summed E-state index contributed by atoms with van der Waals surface area (Å²) in [5.74, 6) is -0.258. The van der Waals surface area contributed by atoms with Crippen LogP contribution < -0.4 is 10.6 Å². The molecule has 2 aromatic rings. The Morgan fingerprint density at radius 1 is 1.03 bits per heavy atom. The molecule has 0 aliphatic carbocycles. The number of hydrogen-bond donors (Lipinski definition) is 2. The third-order valence-corrected chi connectivity index (χ3v) is 6.86. The molecule has 2 aromatic carbocycles. The van der Waals surface area contributed by atoms with Gasteiger partial charge in [0, 0.05) is 30.0 Å². The van der Waals surface area contributed by atoms with E-state index in [1.165, 1.54) is 22.5 Å². The van der Waals surface area contributed by atoms with Gasteiger partial charge in [0.25, 0.3) is 5.91 Å². The Balaban J connectivity index is 1.71. The highest BCUT2D eigenvalue weighted by Crippen LogP contribution is 2.23. The van der Waals surface area contributed by atoms with Gasteiger partial charge in [0.15, 0.2) is 0 Å². The smallest absolute Gasteiger partial charge is 0.411 e. The van der Waals surface area contributed by atoms with Crippen LogP contribution in [-0.2, 0) is 19.5 Å². The van der Waals surface area contributed by atoms with Crippen molar-refractivity contribution in [1.82, 2.24) is 4.31 Å². The predicted molar refractivity (Wildman–Crippen MR) is 129 cm³/mol. The number of ether oxygens (including phenoxy) is 2. The van der Waals surface area contributed by atoms with Crippen molar-refractivity contribution in [2.45, 2.75) is 44.8 Å². The maximum absolute atomic E-state index is 13.1. The molecule has 1 saturated heterocycles. The van der Waals surface area contributed by atoms with Crippen molar-refractivity contribution in [2.75, 3.05) is 30.3 Å². The summed E-state index contributed by atoms with van der Waals surface area (Å²) in [4.78, 5) is 24.8. The second-order valence-corrected chi connectivity index (χ2v) is 10.7. The fraction of sp³-hybridized carbons (Fsp3) is 0.417. The number of nitrogens with one attached hydrogen (secondary N) is 2. The first-order valence-corrected chi connectivity index (χ1v) is 12.6. The molecule has 1 fully saturated rings. The summed E-state index contributed by atoms with van der Waals surface area (Å²) in [7, 11) is -3.78. The molecule has 1 heterocycles. The second kappa shape index (κ2) is 11.0. The average molecular weight is 490 g/mol. The van der Waals surface area contributed by atoms with Gasteiger partial charge in [-0.1, -0.05) is 26.0 Å². The molecule has 0 spiro atoms. The van der Waals surface area contributed by atoms with Crippen LogP contribution in [0.3, 0.4) is 0 Å². The van der Waals surface area contributed by atoms with E-state index in [-0.39, 0.29) is 41.7 Å². The lowest BCUT2D eigenvalue weighted by Crippen LogP contribution is -2.48. The van der Waals surface area contributed by atoms with Gasteiger partial charge >= 0.3 is 6.09 Å². The fourth-order valence-electron chi connectivity index (χ4n) is 3.55. The van der Waals surface area contributed by atoms with E-state index < -0.39 is 22.0 Å². The number of nitrogens with zero attached hydrogens (tertiary/aromatic N) is 1. The van der Waals surface area contributed by atoms with Gasteiger partial charge in [-0.2, -0.15) is 4.31 Å². The molecule has 3 rings (SSSR count). The van der Waals surface area contributed by atoms with Gasteiger partial charge in [0.2, 0.25) is 10.0 Å². The SMILES string of the molecule is CC(C)COC(=O)Nc1cccc(NC(=O)c2cccc(S(=O)(=O)N3CC(C)OC(C)C3)c2)c1. The Labute approximate surface area is 200 Å². The van der Waals surface area contributed by atoms with E-state index >= 15 is 0 Å². The largest absolute Gasteiger partial charge is 0.449 e. The van der Waals surface area contributed by atoms with E-state index in [1.54, 1.807) is 30.3 Å². The van der Waals surface area contributed by atoms with Gasteiger partial charge in [-0.05, 0) is 56.2 Å². The van der Waals surface area contributed by atoms with Crippen molar-refractivity contribution in [2.24, 2.45) is 5.92 Å². The van der Waals surface area contributed by atoms with E-state index in [0.717, 1.165) is 0 Å². The Kier molecular flexibility index (Phi) is 8.29. The standard InChI is InChI=1S/C24H31N3O6S/c1-16(2)15-32-24(29)26-21-9-6-8-20(12-21)25-23(28)19-7-5-10-22(11-19)34(30,31)27-13-17(3)33-18(4)14-27/h5-12,16-18H,13-15H2,1-4H3,(H,25,28)(H,26,29). The van der Waals surface area contributed by atoms with Crippen molar-refractivity contribution in [1.29, 1.82) is 0 Å². The second-order valence-electron chi connectivity index (χ2n) is 8.76. The van der Waals surface area contributed by atoms with Gasteiger partial charge in [-0.3, -0.25) is 10.1 Å². The number of carbonyl (C=O) groups is 2. The minimum absolute atomic E-state index is 0.0461. The highest BCUT2D eigenvalue weighted by Gasteiger charge is 2.32. The van der Waals surface area contributed by atoms with Crippen LogP contribution in [0.4, 0.5) is 16.2 Å². The zero-order chi connectivity index (χ0) is 24.9. The van der Waals surface area contributed by atoms with Gasteiger partial charge in [-0.15, -0.1) is 0 Å². The van der Waals surface area contributed by atoms with Crippen LogP contribution >= 0.6 is 0 Å². The van der Waals surface area contributed by atoms with Crippen LogP contribution in [0.5, 0.6) is 0 Å². The zero-order valence-corrected chi connectivity index (χ0v) is 20.6. The van der Waals surface area contributed by atoms with Crippen LogP contribution in [-0.4, -0.2) is 56.6 Å². The van der Waals surface area contributed by atoms with Crippen LogP contribution in [0.25, 0.3) is 0 Å². The predicted octanol–water partition coefficient (Wildman–Crippen LogP) is 3.94. The number of sulfonamides is 1. The Morgan fingerprint density at radius 3 is 2.29 bits per heavy atom. The molecule has 0 aromatic heterocycles. The third-order valence-electron chi connectivity index (χ3n) is 5.03. The first-order valence-electron chi connectivity index (χ1n) is 11.2. The molecule has 34 heavy (non-hydrogen) atoms. The van der Waals surface area contributed by atoms with Crippen LogP contribution in [0, 0.1) is 5.92 Å². The lowest BCUT2D eigenvalue weighted by atomic mass is 10.2. The topological polar surface area (TPSA) is 114 Å². The van der Waals surface area contributed by atoms with Gasteiger partial charge < -0.3 is 14.8 Å². The summed E-state index contributed by atoms with van der Waals surface area (Å²) in [6, 6.07) is 12.5. The maximum Gasteiger partial charge on any atom is 0.411 e. The fourth-order valence-corrected chi connectivity index (χ4v) is 5.19. The molecule has 0 radical (unpaired) electrons. The zero-order valence-electron chi connectivity index (χ0n) is 19.8. The van der Waals surface area contributed by atoms with Crippen molar-refractivity contribution in [3.63, 3.8) is 0 Å². The molecule has 2 atom stereocenters. The first-order chi connectivity index (χ1) is 16.0. The van der Waals surface area contributed by atoms with Crippen LogP contribution in [0.2, 0.25) is 0 Å². The van der Waals surface area contributed by atoms with Crippen molar-refractivity contribution >= 4 is 33.4 Å². The summed E-state index contributed by atoms with van der Waals surface area (Å²) < 4.78 is 38.4. The highest BCUT2D eigenvalue weighted by atomic mass is 32.2. The normalized spacial score (nSPS) is 19.0. The summed E-state index contributed by atoms with van der Waals surface area (Å²) in [5, 5.41) is 5.35. The molecule has 2 N–H and O–H groups in total. The molecular formula is C24H31N3O6S. The molecule has 1 aliphatic heterocycles. The minimum atomic E-state index is -3.78. The average Bonchev–Trinajstić information content (AvgIpc) is 2.77. The van der Waals surface area contributed by atoms with Crippen LogP contribution in [0.15, 0.2) is 53.4 Å². The van der Waals surface area contributed by atoms with Gasteiger partial charge in [-0.25, -0.2) is 13.2 Å². The van der Waals surface area contributed by atoms with E-state index in [4.69, 9.17) is 9.47 Å². The number of benzene rings is 2. The van der Waals surface area contributed by atoms with Gasteiger partial charge in [0.1, 0.15) is 0 Å². The lowest BCUT2D eigenvalue weighted by molar-refractivity contribution is -0.0440. The molecule has 2 unspecified atom stereocenters. The molecule has 184 valence electrons. The monoisotopic (exact) mass is 489 g/mol. The quantitative estimate of drug-likeness (QED) is 0.609. The molecule has 2 amide bonds. The van der Waals surface area contributed by atoms with Crippen molar-refractivity contribution in [3.05, 3.63) is 54.1 Å². The van der Waals surface area contributed by atoms with E-state index in [0.29, 0.717) is 18.0 Å². The maximum atomic E-state index is 13.1. The number of morpholine rings is 1. The molecule has 1 aliphatic rings. The molecular weight excluding hydrogens is 458 g/mol. The van der Waals surface area contributed by atoms with E-state index in [9.17, 15) is 18.0 Å². The molecule has 0 bridgehead atoms. The van der Waals surface area contributed by atoms with E-state index in [1.807, 2.05) is 27.7 Å². The Hall–Kier alpha value is -2.95. The van der Waals surface area contributed by atoms with E-state index in [2.05, 4.69) is 10.6 Å². The minimum Gasteiger partial charge on any atom is -0.449 e. The van der Waals surface area contributed by atoms with Crippen molar-refractivity contribution < 1.29 is 27.5 Å². The first kappa shape index (κ1) is 25.7. The molecule has 10 heteroatoms. The summed E-state index contributed by atoms with van der Waals surface area (Å²) in [5.41, 5.74) is 1.10. The van der Waals surface area contributed by atoms with Crippen LogP contribution in [0.1, 0.15) is 38.1 Å². The number of carbonyl (C=O) groups excluding carboxylic acids is 2. The van der Waals surface area contributed by atoms with Gasteiger partial charge in [0.05, 0.1) is 23.7 Å². The Morgan fingerprint density at radius 2 is 1.65 bits per heavy atom.